The van der Waals surface area contributed by atoms with Gasteiger partial charge in [-0.1, -0.05) is 11.6 Å². The van der Waals surface area contributed by atoms with Crippen molar-refractivity contribution >= 4 is 23.1 Å². The van der Waals surface area contributed by atoms with E-state index in [-0.39, 0.29) is 0 Å². The summed E-state index contributed by atoms with van der Waals surface area (Å²) in [6.45, 7) is 3.71. The molecule has 1 aromatic heterocycles. The number of halogens is 1. The van der Waals surface area contributed by atoms with Crippen LogP contribution in [0.5, 0.6) is 11.5 Å². The number of anilines is 2. The van der Waals surface area contributed by atoms with E-state index in [2.05, 4.69) is 26.8 Å². The Morgan fingerprint density at radius 1 is 1.12 bits per heavy atom. The molecule has 1 aromatic carbocycles. The summed E-state index contributed by atoms with van der Waals surface area (Å²) >= 11 is 6.08. The van der Waals surface area contributed by atoms with Crippen molar-refractivity contribution < 1.29 is 9.47 Å². The van der Waals surface area contributed by atoms with Gasteiger partial charge in [0.15, 0.2) is 0 Å². The van der Waals surface area contributed by atoms with E-state index in [0.717, 1.165) is 42.5 Å². The molecular weight excluding hydrogens is 340 g/mol. The molecule has 2 aromatic rings. The molecule has 1 atom stereocenters. The number of ether oxygens (including phenoxy) is 2. The standard InChI is InChI=1S/C18H23ClN4O2/c1-12-20-17(19)10-18(21-12)22(2)13-5-6-23(11-13)14-7-15(24-3)9-16(8-14)25-4/h7-10,13H,5-6,11H2,1-4H3. The SMILES string of the molecule is COc1cc(OC)cc(N2CCC(N(C)c3cc(Cl)nc(C)n3)C2)c1. The number of likely N-dealkylation sites (N-methyl/N-ethyl adjacent to an activating group) is 1. The van der Waals surface area contributed by atoms with Crippen LogP contribution in [0.1, 0.15) is 12.2 Å². The Kier molecular flexibility index (Phi) is 5.18. The lowest BCUT2D eigenvalue weighted by molar-refractivity contribution is 0.394. The van der Waals surface area contributed by atoms with Gasteiger partial charge in [0.25, 0.3) is 0 Å². The van der Waals surface area contributed by atoms with E-state index in [1.54, 1.807) is 14.2 Å². The molecule has 7 heteroatoms. The Bertz CT molecular complexity index is 713. The number of aryl methyl sites for hydroxylation is 1. The molecule has 25 heavy (non-hydrogen) atoms. The summed E-state index contributed by atoms with van der Waals surface area (Å²) in [4.78, 5) is 13.2. The van der Waals surface area contributed by atoms with Crippen LogP contribution in [0.4, 0.5) is 11.5 Å². The van der Waals surface area contributed by atoms with E-state index >= 15 is 0 Å². The van der Waals surface area contributed by atoms with Gasteiger partial charge in [0.05, 0.1) is 14.2 Å². The molecule has 1 fully saturated rings. The first-order valence-corrected chi connectivity index (χ1v) is 8.60. The van der Waals surface area contributed by atoms with Crippen LogP contribution in [0.15, 0.2) is 24.3 Å². The molecule has 0 aliphatic carbocycles. The fraction of sp³-hybridized carbons (Fsp3) is 0.444. The third kappa shape index (κ3) is 3.90. The Morgan fingerprint density at radius 2 is 1.80 bits per heavy atom. The number of nitrogens with zero attached hydrogens (tertiary/aromatic N) is 4. The molecule has 0 N–H and O–H groups in total. The highest BCUT2D eigenvalue weighted by Gasteiger charge is 2.27. The lowest BCUT2D eigenvalue weighted by atomic mass is 10.2. The summed E-state index contributed by atoms with van der Waals surface area (Å²) in [5, 5.41) is 0.474. The lowest BCUT2D eigenvalue weighted by Crippen LogP contribution is -2.35. The summed E-state index contributed by atoms with van der Waals surface area (Å²) in [6, 6.07) is 8.12. The molecule has 6 nitrogen and oxygen atoms in total. The first kappa shape index (κ1) is 17.6. The van der Waals surface area contributed by atoms with Gasteiger partial charge in [0, 0.05) is 56.1 Å². The molecular formula is C18H23ClN4O2. The predicted molar refractivity (Wildman–Crippen MR) is 100 cm³/mol. The zero-order chi connectivity index (χ0) is 18.0. The molecule has 0 radical (unpaired) electrons. The molecule has 1 saturated heterocycles. The summed E-state index contributed by atoms with van der Waals surface area (Å²) in [7, 11) is 5.39. The van der Waals surface area contributed by atoms with Crippen LogP contribution in [0.2, 0.25) is 5.15 Å². The normalized spacial score (nSPS) is 16.8. The molecule has 134 valence electrons. The minimum atomic E-state index is 0.350. The van der Waals surface area contributed by atoms with Gasteiger partial charge in [-0.2, -0.15) is 0 Å². The monoisotopic (exact) mass is 362 g/mol. The Hall–Kier alpha value is -2.21. The van der Waals surface area contributed by atoms with Gasteiger partial charge in [-0.3, -0.25) is 0 Å². The van der Waals surface area contributed by atoms with Gasteiger partial charge in [0.2, 0.25) is 0 Å². The third-order valence-electron chi connectivity index (χ3n) is 4.57. The molecule has 0 spiro atoms. The van der Waals surface area contributed by atoms with Gasteiger partial charge in [-0.15, -0.1) is 0 Å². The second kappa shape index (κ2) is 7.35. The van der Waals surface area contributed by atoms with Crippen molar-refractivity contribution in [2.45, 2.75) is 19.4 Å². The average Bonchev–Trinajstić information content (AvgIpc) is 3.09. The van der Waals surface area contributed by atoms with Gasteiger partial charge in [0.1, 0.15) is 28.3 Å². The largest absolute Gasteiger partial charge is 0.497 e. The zero-order valence-electron chi connectivity index (χ0n) is 15.0. The smallest absolute Gasteiger partial charge is 0.134 e. The average molecular weight is 363 g/mol. The van der Waals surface area contributed by atoms with E-state index in [1.165, 1.54) is 0 Å². The van der Waals surface area contributed by atoms with Crippen LogP contribution in [0, 0.1) is 6.92 Å². The number of rotatable bonds is 5. The first-order valence-electron chi connectivity index (χ1n) is 8.22. The molecule has 1 aliphatic heterocycles. The second-order valence-corrected chi connectivity index (χ2v) is 6.55. The van der Waals surface area contributed by atoms with E-state index < -0.39 is 0 Å². The second-order valence-electron chi connectivity index (χ2n) is 6.17. The van der Waals surface area contributed by atoms with Crippen molar-refractivity contribution in [2.75, 3.05) is 44.2 Å². The van der Waals surface area contributed by atoms with E-state index in [1.807, 2.05) is 31.2 Å². The summed E-state index contributed by atoms with van der Waals surface area (Å²) < 4.78 is 10.8. The van der Waals surface area contributed by atoms with Crippen LogP contribution >= 0.6 is 11.6 Å². The minimum Gasteiger partial charge on any atom is -0.497 e. The van der Waals surface area contributed by atoms with E-state index in [4.69, 9.17) is 21.1 Å². The minimum absolute atomic E-state index is 0.350. The molecule has 2 heterocycles. The molecule has 0 bridgehead atoms. The highest BCUT2D eigenvalue weighted by Crippen LogP contribution is 2.32. The van der Waals surface area contributed by atoms with Gasteiger partial charge < -0.3 is 19.3 Å². The van der Waals surface area contributed by atoms with Crippen LogP contribution < -0.4 is 19.3 Å². The van der Waals surface area contributed by atoms with Gasteiger partial charge in [-0.25, -0.2) is 9.97 Å². The first-order chi connectivity index (χ1) is 12.0. The van der Waals surface area contributed by atoms with Crippen molar-refractivity contribution in [3.63, 3.8) is 0 Å². The van der Waals surface area contributed by atoms with Crippen LogP contribution in [-0.4, -0.2) is 50.4 Å². The summed E-state index contributed by atoms with van der Waals surface area (Å²) in [5.41, 5.74) is 1.10. The van der Waals surface area contributed by atoms with Crippen molar-refractivity contribution in [1.29, 1.82) is 0 Å². The fourth-order valence-electron chi connectivity index (χ4n) is 3.15. The number of methoxy groups -OCH3 is 2. The van der Waals surface area contributed by atoms with Crippen molar-refractivity contribution in [2.24, 2.45) is 0 Å². The van der Waals surface area contributed by atoms with Crippen molar-refractivity contribution in [3.05, 3.63) is 35.2 Å². The fourth-order valence-corrected chi connectivity index (χ4v) is 3.37. The Balaban J connectivity index is 1.77. The maximum Gasteiger partial charge on any atom is 0.134 e. The van der Waals surface area contributed by atoms with Crippen molar-refractivity contribution in [1.82, 2.24) is 9.97 Å². The number of benzene rings is 1. The number of hydrogen-bond acceptors (Lipinski definition) is 6. The van der Waals surface area contributed by atoms with Crippen LogP contribution in [-0.2, 0) is 0 Å². The molecule has 1 unspecified atom stereocenters. The summed E-state index contributed by atoms with van der Waals surface area (Å²) in [5.74, 6) is 3.13. The highest BCUT2D eigenvalue weighted by atomic mass is 35.5. The van der Waals surface area contributed by atoms with Crippen LogP contribution in [0.25, 0.3) is 0 Å². The predicted octanol–water partition coefficient (Wildman–Crippen LogP) is 3.17. The maximum atomic E-state index is 6.08. The van der Waals surface area contributed by atoms with Crippen LogP contribution in [0.3, 0.4) is 0 Å². The van der Waals surface area contributed by atoms with Crippen molar-refractivity contribution in [3.8, 4) is 11.5 Å². The Morgan fingerprint density at radius 3 is 2.40 bits per heavy atom. The molecule has 1 aliphatic rings. The third-order valence-corrected chi connectivity index (χ3v) is 4.76. The molecule has 0 amide bonds. The number of hydrogen-bond donors (Lipinski definition) is 0. The zero-order valence-corrected chi connectivity index (χ0v) is 15.7. The quantitative estimate of drug-likeness (QED) is 0.761. The van der Waals surface area contributed by atoms with E-state index in [9.17, 15) is 0 Å². The van der Waals surface area contributed by atoms with Gasteiger partial charge >= 0.3 is 0 Å². The lowest BCUT2D eigenvalue weighted by Gasteiger charge is -2.27. The maximum absolute atomic E-state index is 6.08. The summed E-state index contributed by atoms with van der Waals surface area (Å²) in [6.07, 6.45) is 1.04. The Labute approximate surface area is 153 Å². The van der Waals surface area contributed by atoms with E-state index in [0.29, 0.717) is 17.0 Å². The molecule has 3 rings (SSSR count). The van der Waals surface area contributed by atoms with Gasteiger partial charge in [-0.05, 0) is 13.3 Å². The highest BCUT2D eigenvalue weighted by molar-refractivity contribution is 6.29. The number of aromatic nitrogens is 2. The topological polar surface area (TPSA) is 50.7 Å². The molecule has 0 saturated carbocycles.